The lowest BCUT2D eigenvalue weighted by atomic mass is 10.2. The van der Waals surface area contributed by atoms with Gasteiger partial charge in [0.05, 0.1) is 31.7 Å². The highest BCUT2D eigenvalue weighted by atomic mass is 32.2. The molecule has 18 heavy (non-hydrogen) atoms. The van der Waals surface area contributed by atoms with E-state index in [1.807, 2.05) is 13.0 Å². The SMILES string of the molecule is CCS(=O)(=O)N(CCO)c1cc(C)ccc1OC. The molecule has 0 saturated carbocycles. The van der Waals surface area contributed by atoms with E-state index in [9.17, 15) is 8.42 Å². The molecule has 1 aromatic rings. The van der Waals surface area contributed by atoms with E-state index >= 15 is 0 Å². The number of anilines is 1. The van der Waals surface area contributed by atoms with E-state index in [0.29, 0.717) is 11.4 Å². The van der Waals surface area contributed by atoms with Crippen LogP contribution < -0.4 is 9.04 Å². The average Bonchev–Trinajstić information content (AvgIpc) is 2.35. The van der Waals surface area contributed by atoms with Gasteiger partial charge in [-0.2, -0.15) is 0 Å². The maximum atomic E-state index is 12.0. The smallest absolute Gasteiger partial charge is 0.235 e. The highest BCUT2D eigenvalue weighted by Crippen LogP contribution is 2.31. The number of methoxy groups -OCH3 is 1. The van der Waals surface area contributed by atoms with Gasteiger partial charge in [0.25, 0.3) is 0 Å². The minimum absolute atomic E-state index is 0.0237. The Morgan fingerprint density at radius 3 is 2.56 bits per heavy atom. The largest absolute Gasteiger partial charge is 0.495 e. The number of aryl methyl sites for hydroxylation is 1. The normalized spacial score (nSPS) is 11.3. The quantitative estimate of drug-likeness (QED) is 0.844. The van der Waals surface area contributed by atoms with Gasteiger partial charge in [0, 0.05) is 0 Å². The number of rotatable bonds is 6. The van der Waals surface area contributed by atoms with Gasteiger partial charge < -0.3 is 9.84 Å². The van der Waals surface area contributed by atoms with Gasteiger partial charge in [-0.3, -0.25) is 4.31 Å². The summed E-state index contributed by atoms with van der Waals surface area (Å²) in [5.41, 5.74) is 1.40. The van der Waals surface area contributed by atoms with Crippen LogP contribution in [0.2, 0.25) is 0 Å². The van der Waals surface area contributed by atoms with Crippen LogP contribution in [0.25, 0.3) is 0 Å². The van der Waals surface area contributed by atoms with Gasteiger partial charge >= 0.3 is 0 Å². The van der Waals surface area contributed by atoms with Crippen LogP contribution in [-0.2, 0) is 10.0 Å². The second-order valence-electron chi connectivity index (χ2n) is 3.87. The van der Waals surface area contributed by atoms with Crippen LogP contribution in [0.3, 0.4) is 0 Å². The molecule has 0 aromatic heterocycles. The average molecular weight is 273 g/mol. The minimum Gasteiger partial charge on any atom is -0.495 e. The number of aliphatic hydroxyl groups excluding tert-OH is 1. The monoisotopic (exact) mass is 273 g/mol. The number of hydrogen-bond acceptors (Lipinski definition) is 4. The molecule has 0 aliphatic carbocycles. The molecule has 0 radical (unpaired) electrons. The Morgan fingerprint density at radius 1 is 1.39 bits per heavy atom. The zero-order chi connectivity index (χ0) is 13.8. The van der Waals surface area contributed by atoms with Gasteiger partial charge in [0.1, 0.15) is 5.75 Å². The lowest BCUT2D eigenvalue weighted by molar-refractivity contribution is 0.306. The number of aliphatic hydroxyl groups is 1. The van der Waals surface area contributed by atoms with Crippen LogP contribution in [0.15, 0.2) is 18.2 Å². The van der Waals surface area contributed by atoms with E-state index in [2.05, 4.69) is 0 Å². The third-order valence-electron chi connectivity index (χ3n) is 2.61. The van der Waals surface area contributed by atoms with Gasteiger partial charge in [-0.25, -0.2) is 8.42 Å². The first-order valence-corrected chi connectivity index (χ1v) is 7.33. The molecule has 6 heteroatoms. The number of sulfonamides is 1. The number of ether oxygens (including phenoxy) is 1. The fourth-order valence-corrected chi connectivity index (χ4v) is 2.76. The van der Waals surface area contributed by atoms with Crippen LogP contribution in [0.4, 0.5) is 5.69 Å². The molecule has 0 aliphatic heterocycles. The maximum absolute atomic E-state index is 12.0. The summed E-state index contributed by atoms with van der Waals surface area (Å²) in [6.45, 7) is 3.23. The standard InChI is InChI=1S/C12H19NO4S/c1-4-18(15,16)13(7-8-14)11-9-10(2)5-6-12(11)17-3/h5-6,9,14H,4,7-8H2,1-3H3. The van der Waals surface area contributed by atoms with Crippen molar-refractivity contribution in [3.05, 3.63) is 23.8 Å². The number of nitrogens with zero attached hydrogens (tertiary/aromatic N) is 1. The topological polar surface area (TPSA) is 66.8 Å². The van der Waals surface area contributed by atoms with Gasteiger partial charge in [-0.15, -0.1) is 0 Å². The van der Waals surface area contributed by atoms with Crippen LogP contribution >= 0.6 is 0 Å². The molecule has 0 aliphatic rings. The lowest BCUT2D eigenvalue weighted by Crippen LogP contribution is -2.35. The Kier molecular flexibility index (Phi) is 4.98. The summed E-state index contributed by atoms with van der Waals surface area (Å²) in [6, 6.07) is 5.31. The second kappa shape index (κ2) is 6.06. The zero-order valence-corrected chi connectivity index (χ0v) is 11.7. The fraction of sp³-hybridized carbons (Fsp3) is 0.500. The molecule has 0 unspecified atom stereocenters. The lowest BCUT2D eigenvalue weighted by Gasteiger charge is -2.25. The second-order valence-corrected chi connectivity index (χ2v) is 6.05. The Labute approximate surface area is 108 Å². The van der Waals surface area contributed by atoms with E-state index < -0.39 is 10.0 Å². The molecule has 0 spiro atoms. The molecule has 0 amide bonds. The van der Waals surface area contributed by atoms with E-state index in [1.165, 1.54) is 11.4 Å². The van der Waals surface area contributed by atoms with Gasteiger partial charge in [-0.1, -0.05) is 6.07 Å². The number of hydrogen-bond donors (Lipinski definition) is 1. The predicted octanol–water partition coefficient (Wildman–Crippen LogP) is 1.15. The van der Waals surface area contributed by atoms with Crippen molar-refractivity contribution in [2.24, 2.45) is 0 Å². The van der Waals surface area contributed by atoms with E-state index in [0.717, 1.165) is 5.56 Å². The summed E-state index contributed by atoms with van der Waals surface area (Å²) in [5.74, 6) is 0.454. The van der Waals surface area contributed by atoms with E-state index in [4.69, 9.17) is 9.84 Å². The van der Waals surface area contributed by atoms with E-state index in [1.54, 1.807) is 19.1 Å². The van der Waals surface area contributed by atoms with Crippen molar-refractivity contribution < 1.29 is 18.3 Å². The fourth-order valence-electron chi connectivity index (χ4n) is 1.65. The summed E-state index contributed by atoms with van der Waals surface area (Å²) >= 11 is 0. The first kappa shape index (κ1) is 14.8. The third kappa shape index (κ3) is 3.14. The van der Waals surface area contributed by atoms with Crippen LogP contribution in [0.5, 0.6) is 5.75 Å². The Morgan fingerprint density at radius 2 is 2.06 bits per heavy atom. The first-order valence-electron chi connectivity index (χ1n) is 5.72. The van der Waals surface area contributed by atoms with Crippen molar-refractivity contribution in [2.75, 3.05) is 30.3 Å². The van der Waals surface area contributed by atoms with Crippen molar-refractivity contribution in [3.8, 4) is 5.75 Å². The zero-order valence-electron chi connectivity index (χ0n) is 10.9. The molecule has 1 aromatic carbocycles. The molecule has 5 nitrogen and oxygen atoms in total. The highest BCUT2D eigenvalue weighted by Gasteiger charge is 2.23. The molecule has 0 fully saturated rings. The Balaban J connectivity index is 3.33. The maximum Gasteiger partial charge on any atom is 0.235 e. The molecule has 102 valence electrons. The molecule has 0 bridgehead atoms. The Bertz CT molecular complexity index is 499. The minimum atomic E-state index is -3.43. The predicted molar refractivity (Wildman–Crippen MR) is 71.6 cm³/mol. The van der Waals surface area contributed by atoms with Crippen LogP contribution in [0, 0.1) is 6.92 Å². The van der Waals surface area contributed by atoms with Crippen molar-refractivity contribution in [3.63, 3.8) is 0 Å². The Hall–Kier alpha value is -1.27. The third-order valence-corrected chi connectivity index (χ3v) is 4.39. The van der Waals surface area contributed by atoms with Crippen molar-refractivity contribution >= 4 is 15.7 Å². The number of benzene rings is 1. The molecule has 0 saturated heterocycles. The van der Waals surface area contributed by atoms with Crippen LogP contribution in [0.1, 0.15) is 12.5 Å². The summed E-state index contributed by atoms with van der Waals surface area (Å²) < 4.78 is 30.4. The molecular weight excluding hydrogens is 254 g/mol. The molecule has 0 heterocycles. The van der Waals surface area contributed by atoms with Crippen molar-refractivity contribution in [2.45, 2.75) is 13.8 Å². The van der Waals surface area contributed by atoms with Gasteiger partial charge in [0.15, 0.2) is 0 Å². The summed E-state index contributed by atoms with van der Waals surface area (Å²) in [5, 5.41) is 9.04. The summed E-state index contributed by atoms with van der Waals surface area (Å²) in [6.07, 6.45) is 0. The van der Waals surface area contributed by atoms with Crippen molar-refractivity contribution in [1.29, 1.82) is 0 Å². The molecule has 1 N–H and O–H groups in total. The molecule has 0 atom stereocenters. The van der Waals surface area contributed by atoms with Crippen molar-refractivity contribution in [1.82, 2.24) is 0 Å². The van der Waals surface area contributed by atoms with Gasteiger partial charge in [0.2, 0.25) is 10.0 Å². The molecule has 1 rings (SSSR count). The van der Waals surface area contributed by atoms with E-state index in [-0.39, 0.29) is 18.9 Å². The highest BCUT2D eigenvalue weighted by molar-refractivity contribution is 7.92. The first-order chi connectivity index (χ1) is 8.46. The van der Waals surface area contributed by atoms with Crippen LogP contribution in [-0.4, -0.2) is 39.5 Å². The summed E-state index contributed by atoms with van der Waals surface area (Å²) in [7, 11) is -1.94. The molecular formula is C12H19NO4S. The summed E-state index contributed by atoms with van der Waals surface area (Å²) in [4.78, 5) is 0. The van der Waals surface area contributed by atoms with Gasteiger partial charge in [-0.05, 0) is 31.5 Å².